The predicted molar refractivity (Wildman–Crippen MR) is 61.4 cm³/mol. The molecule has 16 heavy (non-hydrogen) atoms. The van der Waals surface area contributed by atoms with Gasteiger partial charge in [0.25, 0.3) is 0 Å². The molecule has 1 N–H and O–H groups in total. The molecule has 0 aromatic heterocycles. The molecule has 1 aromatic carbocycles. The van der Waals surface area contributed by atoms with Gasteiger partial charge in [-0.05, 0) is 32.0 Å². The summed E-state index contributed by atoms with van der Waals surface area (Å²) in [6.45, 7) is 3.50. The van der Waals surface area contributed by atoms with Crippen molar-refractivity contribution in [3.63, 3.8) is 0 Å². The number of nitrogens with one attached hydrogen (secondary N) is 1. The number of carbonyl (C=O) groups excluding carboxylic acids is 1. The fourth-order valence-electron chi connectivity index (χ4n) is 1.05. The lowest BCUT2D eigenvalue weighted by Crippen LogP contribution is -2.17. The Hall–Kier alpha value is -1.73. The van der Waals surface area contributed by atoms with Crippen molar-refractivity contribution in [2.75, 3.05) is 5.32 Å². The second-order valence-corrected chi connectivity index (χ2v) is 3.79. The monoisotopic (exact) mass is 238 g/mol. The summed E-state index contributed by atoms with van der Waals surface area (Å²) in [6, 6.07) is 6.56. The standard InChI is InChI=1S/C11H11ClN2O2/c1-7(2)16-11(15)14-9-3-4-10(12)8(5-9)6-13/h3-5,7H,1-2H3,(H,14,15). The first kappa shape index (κ1) is 12.3. The zero-order valence-electron chi connectivity index (χ0n) is 8.95. The topological polar surface area (TPSA) is 62.1 Å². The van der Waals surface area contributed by atoms with Gasteiger partial charge in [-0.15, -0.1) is 0 Å². The minimum atomic E-state index is -0.554. The third-order valence-electron chi connectivity index (χ3n) is 1.68. The van der Waals surface area contributed by atoms with Crippen LogP contribution < -0.4 is 5.32 Å². The van der Waals surface area contributed by atoms with E-state index in [0.717, 1.165) is 0 Å². The molecule has 84 valence electrons. The van der Waals surface area contributed by atoms with Crippen molar-refractivity contribution in [2.45, 2.75) is 20.0 Å². The van der Waals surface area contributed by atoms with Gasteiger partial charge in [0.2, 0.25) is 0 Å². The summed E-state index contributed by atoms with van der Waals surface area (Å²) in [5.74, 6) is 0. The van der Waals surface area contributed by atoms with Crippen LogP contribution in [-0.2, 0) is 4.74 Å². The smallest absolute Gasteiger partial charge is 0.411 e. The Bertz CT molecular complexity index is 438. The highest BCUT2D eigenvalue weighted by molar-refractivity contribution is 6.31. The Kier molecular flexibility index (Phi) is 4.15. The third-order valence-corrected chi connectivity index (χ3v) is 2.01. The molecule has 1 aromatic rings. The Morgan fingerprint density at radius 1 is 1.56 bits per heavy atom. The fraction of sp³-hybridized carbons (Fsp3) is 0.273. The maximum absolute atomic E-state index is 11.3. The van der Waals surface area contributed by atoms with Crippen LogP contribution in [0.3, 0.4) is 0 Å². The average molecular weight is 239 g/mol. The summed E-state index contributed by atoms with van der Waals surface area (Å²) < 4.78 is 4.89. The summed E-state index contributed by atoms with van der Waals surface area (Å²) in [5.41, 5.74) is 0.788. The van der Waals surface area contributed by atoms with E-state index in [1.807, 2.05) is 6.07 Å². The first-order valence-electron chi connectivity index (χ1n) is 4.70. The molecule has 1 amide bonds. The fourth-order valence-corrected chi connectivity index (χ4v) is 1.21. The molecule has 0 aliphatic carbocycles. The summed E-state index contributed by atoms with van der Waals surface area (Å²) in [5, 5.41) is 11.6. The van der Waals surface area contributed by atoms with Crippen LogP contribution in [0, 0.1) is 11.3 Å². The second kappa shape index (κ2) is 5.38. The van der Waals surface area contributed by atoms with Crippen molar-refractivity contribution in [3.05, 3.63) is 28.8 Å². The number of carbonyl (C=O) groups is 1. The van der Waals surface area contributed by atoms with E-state index in [9.17, 15) is 4.79 Å². The number of benzene rings is 1. The van der Waals surface area contributed by atoms with Crippen LogP contribution in [0.5, 0.6) is 0 Å². The lowest BCUT2D eigenvalue weighted by Gasteiger charge is -2.09. The van der Waals surface area contributed by atoms with Crippen molar-refractivity contribution in [2.24, 2.45) is 0 Å². The number of anilines is 1. The number of nitriles is 1. The van der Waals surface area contributed by atoms with Crippen molar-refractivity contribution in [1.82, 2.24) is 0 Å². The van der Waals surface area contributed by atoms with Gasteiger partial charge in [0, 0.05) is 5.69 Å². The molecule has 0 fully saturated rings. The Balaban J connectivity index is 2.76. The van der Waals surface area contributed by atoms with Crippen LogP contribution in [0.25, 0.3) is 0 Å². The van der Waals surface area contributed by atoms with E-state index in [2.05, 4.69) is 5.32 Å². The molecule has 0 heterocycles. The molecule has 0 saturated heterocycles. The van der Waals surface area contributed by atoms with Crippen LogP contribution >= 0.6 is 11.6 Å². The van der Waals surface area contributed by atoms with E-state index in [1.165, 1.54) is 6.07 Å². The van der Waals surface area contributed by atoms with Gasteiger partial charge in [-0.25, -0.2) is 4.79 Å². The molecule has 0 aliphatic rings. The molecule has 4 nitrogen and oxygen atoms in total. The summed E-state index contributed by atoms with van der Waals surface area (Å²) >= 11 is 5.75. The normalized spacial score (nSPS) is 9.69. The number of hydrogen-bond donors (Lipinski definition) is 1. The highest BCUT2D eigenvalue weighted by Gasteiger charge is 2.07. The van der Waals surface area contributed by atoms with Crippen LogP contribution in [0.2, 0.25) is 5.02 Å². The molecule has 1 rings (SSSR count). The number of halogens is 1. The number of nitrogens with zero attached hydrogens (tertiary/aromatic N) is 1. The summed E-state index contributed by atoms with van der Waals surface area (Å²) in [4.78, 5) is 11.3. The van der Waals surface area contributed by atoms with Crippen molar-refractivity contribution < 1.29 is 9.53 Å². The predicted octanol–water partition coefficient (Wildman–Crippen LogP) is 3.17. The van der Waals surface area contributed by atoms with E-state index >= 15 is 0 Å². The first-order valence-corrected chi connectivity index (χ1v) is 5.08. The molecule has 0 unspecified atom stereocenters. The third kappa shape index (κ3) is 3.44. The van der Waals surface area contributed by atoms with Gasteiger partial charge < -0.3 is 4.74 Å². The first-order chi connectivity index (χ1) is 7.52. The molecule has 5 heteroatoms. The van der Waals surface area contributed by atoms with Crippen LogP contribution in [0.4, 0.5) is 10.5 Å². The van der Waals surface area contributed by atoms with Crippen LogP contribution in [-0.4, -0.2) is 12.2 Å². The Morgan fingerprint density at radius 3 is 2.81 bits per heavy atom. The number of hydrogen-bond acceptors (Lipinski definition) is 3. The largest absolute Gasteiger partial charge is 0.447 e. The van der Waals surface area contributed by atoms with E-state index < -0.39 is 6.09 Å². The van der Waals surface area contributed by atoms with Gasteiger partial charge in [0.1, 0.15) is 6.07 Å². The number of amides is 1. The maximum Gasteiger partial charge on any atom is 0.411 e. The van der Waals surface area contributed by atoms with Gasteiger partial charge >= 0.3 is 6.09 Å². The van der Waals surface area contributed by atoms with Gasteiger partial charge in [-0.3, -0.25) is 5.32 Å². The lowest BCUT2D eigenvalue weighted by molar-refractivity contribution is 0.130. The molecule has 0 spiro atoms. The Labute approximate surface area is 98.8 Å². The zero-order chi connectivity index (χ0) is 12.1. The molecule has 0 bridgehead atoms. The average Bonchev–Trinajstić information content (AvgIpc) is 2.19. The second-order valence-electron chi connectivity index (χ2n) is 3.39. The molecule has 0 radical (unpaired) electrons. The molecule has 0 aliphatic heterocycles. The number of ether oxygens (including phenoxy) is 1. The zero-order valence-corrected chi connectivity index (χ0v) is 9.71. The van der Waals surface area contributed by atoms with Crippen molar-refractivity contribution >= 4 is 23.4 Å². The highest BCUT2D eigenvalue weighted by atomic mass is 35.5. The van der Waals surface area contributed by atoms with Gasteiger partial charge in [0.05, 0.1) is 16.7 Å². The van der Waals surface area contributed by atoms with E-state index in [4.69, 9.17) is 21.6 Å². The quantitative estimate of drug-likeness (QED) is 0.861. The SMILES string of the molecule is CC(C)OC(=O)Nc1ccc(Cl)c(C#N)c1. The van der Waals surface area contributed by atoms with Crippen LogP contribution in [0.15, 0.2) is 18.2 Å². The molecule has 0 saturated carbocycles. The maximum atomic E-state index is 11.3. The minimum Gasteiger partial charge on any atom is -0.447 e. The number of rotatable bonds is 2. The van der Waals surface area contributed by atoms with Crippen molar-refractivity contribution in [3.8, 4) is 6.07 Å². The van der Waals surface area contributed by atoms with Crippen molar-refractivity contribution in [1.29, 1.82) is 5.26 Å². The van der Waals surface area contributed by atoms with E-state index in [-0.39, 0.29) is 6.10 Å². The summed E-state index contributed by atoms with van der Waals surface area (Å²) in [7, 11) is 0. The highest BCUT2D eigenvalue weighted by Crippen LogP contribution is 2.19. The molecule has 0 atom stereocenters. The minimum absolute atomic E-state index is 0.192. The summed E-state index contributed by atoms with van der Waals surface area (Å²) in [6.07, 6.45) is -0.746. The lowest BCUT2D eigenvalue weighted by atomic mass is 10.2. The molecular weight excluding hydrogens is 228 g/mol. The van der Waals surface area contributed by atoms with Crippen LogP contribution in [0.1, 0.15) is 19.4 Å². The van der Waals surface area contributed by atoms with Gasteiger partial charge in [-0.1, -0.05) is 11.6 Å². The Morgan fingerprint density at radius 2 is 2.25 bits per heavy atom. The van der Waals surface area contributed by atoms with E-state index in [0.29, 0.717) is 16.3 Å². The van der Waals surface area contributed by atoms with Gasteiger partial charge in [0.15, 0.2) is 0 Å². The molecular formula is C11H11ClN2O2. The van der Waals surface area contributed by atoms with Gasteiger partial charge in [-0.2, -0.15) is 5.26 Å². The van der Waals surface area contributed by atoms with E-state index in [1.54, 1.807) is 26.0 Å².